The third kappa shape index (κ3) is 3.14. The van der Waals surface area contributed by atoms with E-state index in [1.165, 1.54) is 0 Å². The van der Waals surface area contributed by atoms with Gasteiger partial charge in [-0.05, 0) is 25.7 Å². The first-order chi connectivity index (χ1) is 8.38. The first-order valence-corrected chi connectivity index (χ1v) is 6.04. The molecule has 0 bridgehead atoms. The van der Waals surface area contributed by atoms with Gasteiger partial charge in [-0.2, -0.15) is 13.2 Å². The second kappa shape index (κ2) is 4.78. The number of hydrogen-bond donors (Lipinski definition) is 1. The van der Waals surface area contributed by atoms with E-state index >= 15 is 0 Å². The van der Waals surface area contributed by atoms with Crippen LogP contribution in [0, 0.1) is 5.92 Å². The van der Waals surface area contributed by atoms with Crippen LogP contribution in [0.4, 0.5) is 13.2 Å². The normalized spacial score (nSPS) is 21.8. The van der Waals surface area contributed by atoms with Crippen LogP contribution in [0.3, 0.4) is 0 Å². The minimum absolute atomic E-state index is 0.00408. The topological polar surface area (TPSA) is 49.4 Å². The summed E-state index contributed by atoms with van der Waals surface area (Å²) in [6.45, 7) is 0.0991. The second-order valence-corrected chi connectivity index (χ2v) is 4.85. The molecule has 2 amide bonds. The molecule has 2 aliphatic rings. The number of piperidine rings is 1. The zero-order valence-electron chi connectivity index (χ0n) is 9.79. The zero-order chi connectivity index (χ0) is 13.3. The highest BCUT2D eigenvalue weighted by atomic mass is 19.4. The van der Waals surface area contributed by atoms with E-state index in [4.69, 9.17) is 0 Å². The van der Waals surface area contributed by atoms with Crippen LogP contribution in [0.25, 0.3) is 0 Å². The van der Waals surface area contributed by atoms with Crippen LogP contribution >= 0.6 is 0 Å². The highest BCUT2D eigenvalue weighted by molar-refractivity contribution is 5.82. The van der Waals surface area contributed by atoms with Crippen molar-refractivity contribution in [3.63, 3.8) is 0 Å². The molecule has 1 heterocycles. The van der Waals surface area contributed by atoms with E-state index in [-0.39, 0.29) is 31.0 Å². The van der Waals surface area contributed by atoms with Gasteiger partial charge in [0.05, 0.1) is 0 Å². The highest BCUT2D eigenvalue weighted by Crippen LogP contribution is 2.29. The van der Waals surface area contributed by atoms with Crippen LogP contribution in [0.5, 0.6) is 0 Å². The molecule has 2 fully saturated rings. The van der Waals surface area contributed by atoms with Crippen LogP contribution in [-0.2, 0) is 9.59 Å². The molecule has 4 nitrogen and oxygen atoms in total. The Kier molecular flexibility index (Phi) is 3.49. The van der Waals surface area contributed by atoms with Gasteiger partial charge in [-0.3, -0.25) is 9.59 Å². The molecule has 1 aliphatic heterocycles. The monoisotopic (exact) mass is 264 g/mol. The lowest BCUT2D eigenvalue weighted by molar-refractivity contribution is -0.186. The number of rotatable bonds is 2. The fourth-order valence-electron chi connectivity index (χ4n) is 2.07. The fraction of sp³-hybridized carbons (Fsp3) is 0.818. The molecule has 1 saturated carbocycles. The molecule has 18 heavy (non-hydrogen) atoms. The number of carbonyl (C=O) groups excluding carboxylic acids is 2. The Morgan fingerprint density at radius 3 is 2.06 bits per heavy atom. The maximum absolute atomic E-state index is 12.2. The molecule has 0 spiro atoms. The SMILES string of the molecule is O=C(NC1CCN(C(=O)C(F)(F)F)CC1)C1CC1. The smallest absolute Gasteiger partial charge is 0.353 e. The minimum atomic E-state index is -4.80. The van der Waals surface area contributed by atoms with E-state index in [0.29, 0.717) is 12.8 Å². The molecule has 7 heteroatoms. The van der Waals surface area contributed by atoms with Crippen LogP contribution < -0.4 is 5.32 Å². The fourth-order valence-corrected chi connectivity index (χ4v) is 2.07. The van der Waals surface area contributed by atoms with Crippen molar-refractivity contribution in [1.29, 1.82) is 0 Å². The van der Waals surface area contributed by atoms with Gasteiger partial charge in [0.1, 0.15) is 0 Å². The Balaban J connectivity index is 1.77. The first kappa shape index (κ1) is 13.2. The number of amides is 2. The number of carbonyl (C=O) groups is 2. The first-order valence-electron chi connectivity index (χ1n) is 6.04. The van der Waals surface area contributed by atoms with Crippen molar-refractivity contribution in [3.8, 4) is 0 Å². The molecular formula is C11H15F3N2O2. The molecule has 0 aromatic rings. The molecule has 0 atom stereocenters. The van der Waals surface area contributed by atoms with Crippen molar-refractivity contribution in [2.45, 2.75) is 37.9 Å². The summed E-state index contributed by atoms with van der Waals surface area (Å²) in [5, 5.41) is 2.82. The van der Waals surface area contributed by atoms with Gasteiger partial charge in [-0.15, -0.1) is 0 Å². The number of likely N-dealkylation sites (tertiary alicyclic amines) is 1. The van der Waals surface area contributed by atoms with Crippen molar-refractivity contribution in [3.05, 3.63) is 0 Å². The minimum Gasteiger partial charge on any atom is -0.353 e. The summed E-state index contributed by atoms with van der Waals surface area (Å²) in [5.41, 5.74) is 0. The molecule has 0 radical (unpaired) electrons. The van der Waals surface area contributed by atoms with Gasteiger partial charge in [0.25, 0.3) is 0 Å². The van der Waals surface area contributed by atoms with Crippen molar-refractivity contribution in [1.82, 2.24) is 10.2 Å². The summed E-state index contributed by atoms with van der Waals surface area (Å²) in [7, 11) is 0. The van der Waals surface area contributed by atoms with Crippen molar-refractivity contribution < 1.29 is 22.8 Å². The third-order valence-corrected chi connectivity index (χ3v) is 3.32. The summed E-state index contributed by atoms with van der Waals surface area (Å²) < 4.78 is 36.6. The maximum Gasteiger partial charge on any atom is 0.471 e. The Labute approximate surface area is 103 Å². The second-order valence-electron chi connectivity index (χ2n) is 4.85. The predicted molar refractivity (Wildman–Crippen MR) is 56.5 cm³/mol. The Morgan fingerprint density at radius 1 is 1.06 bits per heavy atom. The van der Waals surface area contributed by atoms with E-state index in [1.807, 2.05) is 0 Å². The molecule has 1 aliphatic carbocycles. The number of hydrogen-bond acceptors (Lipinski definition) is 2. The summed E-state index contributed by atoms with van der Waals surface area (Å²) >= 11 is 0. The van der Waals surface area contributed by atoms with Gasteiger partial charge in [0.15, 0.2) is 0 Å². The maximum atomic E-state index is 12.2. The zero-order valence-corrected chi connectivity index (χ0v) is 9.79. The molecule has 2 rings (SSSR count). The molecule has 0 aromatic heterocycles. The summed E-state index contributed by atoms with van der Waals surface area (Å²) in [6, 6.07) is -0.101. The van der Waals surface area contributed by atoms with Crippen LogP contribution in [0.15, 0.2) is 0 Å². The lowest BCUT2D eigenvalue weighted by Crippen LogP contribution is -2.50. The van der Waals surface area contributed by atoms with Gasteiger partial charge in [0.2, 0.25) is 5.91 Å². The van der Waals surface area contributed by atoms with Gasteiger partial charge in [-0.1, -0.05) is 0 Å². The summed E-state index contributed by atoms with van der Waals surface area (Å²) in [4.78, 5) is 23.3. The number of nitrogens with one attached hydrogen (secondary N) is 1. The summed E-state index contributed by atoms with van der Waals surface area (Å²) in [6.07, 6.45) is -2.22. The lowest BCUT2D eigenvalue weighted by atomic mass is 10.0. The lowest BCUT2D eigenvalue weighted by Gasteiger charge is -2.32. The van der Waals surface area contributed by atoms with Gasteiger partial charge in [0, 0.05) is 25.0 Å². The van der Waals surface area contributed by atoms with Crippen molar-refractivity contribution in [2.75, 3.05) is 13.1 Å². The molecule has 1 N–H and O–H groups in total. The Morgan fingerprint density at radius 2 is 1.61 bits per heavy atom. The quantitative estimate of drug-likeness (QED) is 0.811. The molecule has 0 aromatic carbocycles. The predicted octanol–water partition coefficient (Wildman–Crippen LogP) is 1.07. The van der Waals surface area contributed by atoms with Gasteiger partial charge < -0.3 is 10.2 Å². The van der Waals surface area contributed by atoms with E-state index in [9.17, 15) is 22.8 Å². The van der Waals surface area contributed by atoms with Crippen LogP contribution in [0.2, 0.25) is 0 Å². The van der Waals surface area contributed by atoms with E-state index in [1.54, 1.807) is 0 Å². The van der Waals surface area contributed by atoms with Crippen LogP contribution in [-0.4, -0.2) is 42.0 Å². The van der Waals surface area contributed by atoms with Crippen molar-refractivity contribution in [2.24, 2.45) is 5.92 Å². The van der Waals surface area contributed by atoms with Crippen LogP contribution in [0.1, 0.15) is 25.7 Å². The number of halogens is 3. The number of nitrogens with zero attached hydrogens (tertiary/aromatic N) is 1. The van der Waals surface area contributed by atoms with Gasteiger partial charge >= 0.3 is 12.1 Å². The largest absolute Gasteiger partial charge is 0.471 e. The van der Waals surface area contributed by atoms with Crippen molar-refractivity contribution >= 4 is 11.8 Å². The van der Waals surface area contributed by atoms with Gasteiger partial charge in [-0.25, -0.2) is 0 Å². The van der Waals surface area contributed by atoms with E-state index < -0.39 is 12.1 Å². The molecule has 1 saturated heterocycles. The average molecular weight is 264 g/mol. The Bertz CT molecular complexity index is 345. The van der Waals surface area contributed by atoms with E-state index in [2.05, 4.69) is 5.32 Å². The summed E-state index contributed by atoms with van der Waals surface area (Å²) in [5.74, 6) is -1.69. The molecular weight excluding hydrogens is 249 g/mol. The standard InChI is InChI=1S/C11H15F3N2O2/c12-11(13,14)10(18)16-5-3-8(4-6-16)15-9(17)7-1-2-7/h7-8H,1-6H2,(H,15,17). The number of alkyl halides is 3. The van der Waals surface area contributed by atoms with E-state index in [0.717, 1.165) is 17.7 Å². The molecule has 0 unspecified atom stereocenters. The highest BCUT2D eigenvalue weighted by Gasteiger charge is 2.43. The Hall–Kier alpha value is -1.27. The third-order valence-electron chi connectivity index (χ3n) is 3.32. The average Bonchev–Trinajstić information content (AvgIpc) is 3.11. The molecule has 102 valence electrons.